The lowest BCUT2D eigenvalue weighted by Gasteiger charge is -2.24. The highest BCUT2D eigenvalue weighted by atomic mass is 16.6. The SMILES string of the molecule is C=C1C[C@@H](COC)N(C(=O)c2cc(OC)c(OCc3ccccc3)cc2[N+](=O)[O-])C1. The first-order chi connectivity index (χ1) is 14.4. The third kappa shape index (κ3) is 4.60. The summed E-state index contributed by atoms with van der Waals surface area (Å²) in [6, 6.07) is 11.8. The lowest BCUT2D eigenvalue weighted by Crippen LogP contribution is -2.38. The average Bonchev–Trinajstić information content (AvgIpc) is 3.12. The van der Waals surface area contributed by atoms with Gasteiger partial charge in [0.1, 0.15) is 12.2 Å². The van der Waals surface area contributed by atoms with E-state index in [4.69, 9.17) is 14.2 Å². The minimum absolute atomic E-state index is 0.0558. The Morgan fingerprint density at radius 3 is 2.60 bits per heavy atom. The molecule has 0 unspecified atom stereocenters. The topological polar surface area (TPSA) is 91.1 Å². The highest BCUT2D eigenvalue weighted by molar-refractivity contribution is 5.99. The minimum atomic E-state index is -0.585. The van der Waals surface area contributed by atoms with E-state index in [9.17, 15) is 14.9 Å². The van der Waals surface area contributed by atoms with Crippen molar-refractivity contribution in [3.05, 3.63) is 75.9 Å². The van der Waals surface area contributed by atoms with Gasteiger partial charge in [-0.15, -0.1) is 0 Å². The third-order valence-electron chi connectivity index (χ3n) is 4.93. The highest BCUT2D eigenvalue weighted by Crippen LogP contribution is 2.37. The van der Waals surface area contributed by atoms with E-state index in [0.717, 1.165) is 11.1 Å². The zero-order chi connectivity index (χ0) is 21.7. The number of likely N-dealkylation sites (tertiary alicyclic amines) is 1. The lowest BCUT2D eigenvalue weighted by molar-refractivity contribution is -0.385. The largest absolute Gasteiger partial charge is 0.493 e. The number of carbonyl (C=O) groups is 1. The molecule has 158 valence electrons. The highest BCUT2D eigenvalue weighted by Gasteiger charge is 2.35. The predicted molar refractivity (Wildman–Crippen MR) is 111 cm³/mol. The van der Waals surface area contributed by atoms with Crippen LogP contribution in [0, 0.1) is 10.1 Å². The number of nitrogens with zero attached hydrogens (tertiary/aromatic N) is 2. The molecule has 2 aromatic rings. The van der Waals surface area contributed by atoms with E-state index < -0.39 is 10.8 Å². The molecule has 0 aromatic heterocycles. The molecule has 1 fully saturated rings. The molecule has 8 nitrogen and oxygen atoms in total. The van der Waals surface area contributed by atoms with Crippen molar-refractivity contribution in [1.82, 2.24) is 4.90 Å². The summed E-state index contributed by atoms with van der Waals surface area (Å²) >= 11 is 0. The Hall–Kier alpha value is -3.39. The molecular weight excluding hydrogens is 388 g/mol. The van der Waals surface area contributed by atoms with E-state index in [0.29, 0.717) is 19.6 Å². The molecule has 0 aliphatic carbocycles. The second-order valence-electron chi connectivity index (χ2n) is 7.05. The van der Waals surface area contributed by atoms with Crippen LogP contribution in [0.25, 0.3) is 0 Å². The summed E-state index contributed by atoms with van der Waals surface area (Å²) in [5.74, 6) is -0.0135. The number of hydrogen-bond acceptors (Lipinski definition) is 6. The molecule has 1 amide bonds. The van der Waals surface area contributed by atoms with Gasteiger partial charge in [0.05, 0.1) is 30.7 Å². The summed E-state index contributed by atoms with van der Waals surface area (Å²) in [6.07, 6.45) is 0.600. The van der Waals surface area contributed by atoms with Crippen LogP contribution in [0.5, 0.6) is 11.5 Å². The van der Waals surface area contributed by atoms with Crippen molar-refractivity contribution in [2.45, 2.75) is 19.1 Å². The summed E-state index contributed by atoms with van der Waals surface area (Å²) in [6.45, 7) is 4.81. The van der Waals surface area contributed by atoms with Crippen LogP contribution in [0.4, 0.5) is 5.69 Å². The van der Waals surface area contributed by atoms with Crippen molar-refractivity contribution in [2.24, 2.45) is 0 Å². The smallest absolute Gasteiger partial charge is 0.286 e. The van der Waals surface area contributed by atoms with E-state index in [1.54, 1.807) is 12.0 Å². The van der Waals surface area contributed by atoms with Crippen LogP contribution in [0.15, 0.2) is 54.6 Å². The molecule has 0 spiro atoms. The van der Waals surface area contributed by atoms with Crippen LogP contribution in [0.2, 0.25) is 0 Å². The number of hydrogen-bond donors (Lipinski definition) is 0. The minimum Gasteiger partial charge on any atom is -0.493 e. The zero-order valence-electron chi connectivity index (χ0n) is 17.0. The number of benzene rings is 2. The van der Waals surface area contributed by atoms with Crippen LogP contribution in [-0.2, 0) is 11.3 Å². The summed E-state index contributed by atoms with van der Waals surface area (Å²) in [5, 5.41) is 11.7. The molecule has 0 saturated carbocycles. The molecule has 0 N–H and O–H groups in total. The number of rotatable bonds is 8. The Bertz CT molecular complexity index is 944. The van der Waals surface area contributed by atoms with E-state index in [1.807, 2.05) is 30.3 Å². The Kier molecular flexibility index (Phi) is 6.68. The zero-order valence-corrected chi connectivity index (χ0v) is 17.0. The van der Waals surface area contributed by atoms with Crippen LogP contribution >= 0.6 is 0 Å². The molecule has 0 radical (unpaired) electrons. The van der Waals surface area contributed by atoms with Gasteiger partial charge in [0.15, 0.2) is 11.5 Å². The van der Waals surface area contributed by atoms with Gasteiger partial charge in [-0.3, -0.25) is 14.9 Å². The normalized spacial score (nSPS) is 15.9. The van der Waals surface area contributed by atoms with Gasteiger partial charge in [0.2, 0.25) is 0 Å². The Labute approximate surface area is 174 Å². The van der Waals surface area contributed by atoms with Gasteiger partial charge in [-0.1, -0.05) is 42.5 Å². The summed E-state index contributed by atoms with van der Waals surface area (Å²) in [7, 11) is 2.98. The molecule has 1 aliphatic heterocycles. The van der Waals surface area contributed by atoms with Crippen molar-refractivity contribution < 1.29 is 23.9 Å². The van der Waals surface area contributed by atoms with Crippen molar-refractivity contribution in [1.29, 1.82) is 0 Å². The maximum absolute atomic E-state index is 13.2. The van der Waals surface area contributed by atoms with Gasteiger partial charge in [-0.2, -0.15) is 0 Å². The summed E-state index contributed by atoms with van der Waals surface area (Å²) in [5.41, 5.74) is 1.39. The van der Waals surface area contributed by atoms with Crippen LogP contribution in [0.3, 0.4) is 0 Å². The van der Waals surface area contributed by atoms with Gasteiger partial charge in [-0.05, 0) is 12.0 Å². The molecule has 1 heterocycles. The molecule has 1 saturated heterocycles. The first-order valence-electron chi connectivity index (χ1n) is 9.44. The van der Waals surface area contributed by atoms with E-state index in [1.165, 1.54) is 19.2 Å². The molecular formula is C22H24N2O6. The molecule has 1 atom stereocenters. The first kappa shape index (κ1) is 21.3. The van der Waals surface area contributed by atoms with Crippen molar-refractivity contribution >= 4 is 11.6 Å². The first-order valence-corrected chi connectivity index (χ1v) is 9.44. The number of nitro groups is 1. The molecule has 30 heavy (non-hydrogen) atoms. The quantitative estimate of drug-likeness (QED) is 0.374. The lowest BCUT2D eigenvalue weighted by atomic mass is 10.1. The molecule has 3 rings (SSSR count). The number of carbonyl (C=O) groups excluding carboxylic acids is 1. The fourth-order valence-electron chi connectivity index (χ4n) is 3.49. The molecule has 1 aliphatic rings. The van der Waals surface area contributed by atoms with Gasteiger partial charge in [0.25, 0.3) is 11.6 Å². The van der Waals surface area contributed by atoms with E-state index in [2.05, 4.69) is 6.58 Å². The fourth-order valence-corrected chi connectivity index (χ4v) is 3.49. The van der Waals surface area contributed by atoms with Crippen molar-refractivity contribution in [2.75, 3.05) is 27.4 Å². The van der Waals surface area contributed by atoms with Crippen LogP contribution < -0.4 is 9.47 Å². The number of nitro benzene ring substituents is 1. The maximum Gasteiger partial charge on any atom is 0.286 e. The summed E-state index contributed by atoms with van der Waals surface area (Å²) < 4.78 is 16.3. The number of methoxy groups -OCH3 is 2. The van der Waals surface area contributed by atoms with E-state index in [-0.39, 0.29) is 35.4 Å². The van der Waals surface area contributed by atoms with Gasteiger partial charge in [-0.25, -0.2) is 0 Å². The van der Waals surface area contributed by atoms with E-state index >= 15 is 0 Å². The van der Waals surface area contributed by atoms with Crippen molar-refractivity contribution in [3.8, 4) is 11.5 Å². The summed E-state index contributed by atoms with van der Waals surface area (Å²) in [4.78, 5) is 25.9. The molecule has 8 heteroatoms. The standard InChI is InChI=1S/C22H24N2O6/c1-15-9-17(14-28-2)23(12-15)22(25)18-10-20(29-3)21(11-19(18)24(26)27)30-13-16-7-5-4-6-8-16/h4-8,10-11,17H,1,9,12-14H2,2-3H3/t17-/m0/s1. The van der Waals surface area contributed by atoms with Crippen LogP contribution in [-0.4, -0.2) is 49.1 Å². The monoisotopic (exact) mass is 412 g/mol. The van der Waals surface area contributed by atoms with Gasteiger partial charge >= 0.3 is 0 Å². The van der Waals surface area contributed by atoms with Crippen molar-refractivity contribution in [3.63, 3.8) is 0 Å². The average molecular weight is 412 g/mol. The van der Waals surface area contributed by atoms with Gasteiger partial charge < -0.3 is 19.1 Å². The second-order valence-corrected chi connectivity index (χ2v) is 7.05. The Balaban J connectivity index is 1.93. The Morgan fingerprint density at radius 1 is 1.23 bits per heavy atom. The molecule has 0 bridgehead atoms. The van der Waals surface area contributed by atoms with Gasteiger partial charge in [0, 0.05) is 19.7 Å². The third-order valence-corrected chi connectivity index (χ3v) is 4.93. The molecule has 2 aromatic carbocycles. The number of ether oxygens (including phenoxy) is 3. The Morgan fingerprint density at radius 2 is 1.97 bits per heavy atom. The number of amides is 1. The second kappa shape index (κ2) is 9.41. The maximum atomic E-state index is 13.2. The fraction of sp³-hybridized carbons (Fsp3) is 0.318. The van der Waals surface area contributed by atoms with Crippen LogP contribution in [0.1, 0.15) is 22.3 Å². The predicted octanol–water partition coefficient (Wildman–Crippen LogP) is 3.60.